The van der Waals surface area contributed by atoms with E-state index in [1.807, 2.05) is 38.7 Å². The first-order valence-corrected chi connectivity index (χ1v) is 10.0. The highest BCUT2D eigenvalue weighted by molar-refractivity contribution is 14.0. The van der Waals surface area contributed by atoms with Crippen LogP contribution in [0.2, 0.25) is 5.02 Å². The Morgan fingerprint density at radius 3 is 2.33 bits per heavy atom. The molecule has 30 heavy (non-hydrogen) atoms. The van der Waals surface area contributed by atoms with Crippen molar-refractivity contribution >= 4 is 47.6 Å². The number of nitrogens with zero attached hydrogens (tertiary/aromatic N) is 3. The molecule has 0 aromatic heterocycles. The van der Waals surface area contributed by atoms with Crippen LogP contribution in [0.15, 0.2) is 17.1 Å². The van der Waals surface area contributed by atoms with Crippen molar-refractivity contribution in [2.24, 2.45) is 10.7 Å². The number of halogens is 2. The van der Waals surface area contributed by atoms with Crippen LogP contribution in [0.25, 0.3) is 0 Å². The zero-order valence-electron chi connectivity index (χ0n) is 18.2. The van der Waals surface area contributed by atoms with Crippen LogP contribution >= 0.6 is 35.6 Å². The molecule has 10 heteroatoms. The lowest BCUT2D eigenvalue weighted by Gasteiger charge is -2.36. The molecule has 2 rings (SSSR count). The zero-order chi connectivity index (χ0) is 21.6. The summed E-state index contributed by atoms with van der Waals surface area (Å²) in [6.07, 6.45) is -0.302. The van der Waals surface area contributed by atoms with E-state index in [1.54, 1.807) is 18.1 Å². The van der Waals surface area contributed by atoms with Crippen molar-refractivity contribution in [3.8, 4) is 11.5 Å². The van der Waals surface area contributed by atoms with Crippen LogP contribution < -0.4 is 15.2 Å². The normalized spacial score (nSPS) is 14.8. The summed E-state index contributed by atoms with van der Waals surface area (Å²) in [6, 6.07) is 3.64. The van der Waals surface area contributed by atoms with Gasteiger partial charge in [0.2, 0.25) is 0 Å². The second kappa shape index (κ2) is 11.7. The number of aliphatic imine (C=N–C) groups is 1. The van der Waals surface area contributed by atoms with Gasteiger partial charge in [-0.2, -0.15) is 0 Å². The molecule has 2 N–H and O–H groups in total. The fourth-order valence-corrected chi connectivity index (χ4v) is 3.15. The third kappa shape index (κ3) is 7.57. The molecule has 0 unspecified atom stereocenters. The van der Waals surface area contributed by atoms with Crippen molar-refractivity contribution in [2.45, 2.75) is 39.8 Å². The van der Waals surface area contributed by atoms with Gasteiger partial charge in [0, 0.05) is 26.2 Å². The number of carbonyl (C=O) groups is 1. The molecule has 0 aliphatic carbocycles. The van der Waals surface area contributed by atoms with Gasteiger partial charge in [-0.15, -0.1) is 24.0 Å². The molecule has 0 spiro atoms. The maximum Gasteiger partial charge on any atom is 0.410 e. The summed E-state index contributed by atoms with van der Waals surface area (Å²) in [7, 11) is 1.57. The van der Waals surface area contributed by atoms with E-state index in [0.717, 1.165) is 5.56 Å². The Kier molecular flexibility index (Phi) is 10.3. The lowest BCUT2D eigenvalue weighted by atomic mass is 10.2. The van der Waals surface area contributed by atoms with Crippen molar-refractivity contribution in [1.29, 1.82) is 0 Å². The van der Waals surface area contributed by atoms with E-state index >= 15 is 0 Å². The van der Waals surface area contributed by atoms with E-state index < -0.39 is 5.60 Å². The molecule has 0 radical (unpaired) electrons. The minimum atomic E-state index is -0.505. The van der Waals surface area contributed by atoms with Crippen molar-refractivity contribution < 1.29 is 19.0 Å². The molecule has 1 fully saturated rings. The number of nitrogens with two attached hydrogens (primary N) is 1. The molecule has 1 heterocycles. The highest BCUT2D eigenvalue weighted by atomic mass is 127. The minimum absolute atomic E-state index is 0. The molecular formula is C20H32ClIN4O4. The van der Waals surface area contributed by atoms with Crippen molar-refractivity contribution in [3.05, 3.63) is 22.7 Å². The van der Waals surface area contributed by atoms with Gasteiger partial charge in [-0.1, -0.05) is 11.6 Å². The van der Waals surface area contributed by atoms with E-state index in [1.165, 1.54) is 0 Å². The molecule has 1 aliphatic rings. The van der Waals surface area contributed by atoms with Crippen LogP contribution in [0.5, 0.6) is 11.5 Å². The van der Waals surface area contributed by atoms with Crippen molar-refractivity contribution in [1.82, 2.24) is 9.80 Å². The summed E-state index contributed by atoms with van der Waals surface area (Å²) in [4.78, 5) is 20.3. The second-order valence-corrected chi connectivity index (χ2v) is 8.08. The van der Waals surface area contributed by atoms with Crippen LogP contribution in [0.3, 0.4) is 0 Å². The molecule has 0 atom stereocenters. The van der Waals surface area contributed by atoms with Gasteiger partial charge < -0.3 is 29.7 Å². The van der Waals surface area contributed by atoms with E-state index in [4.69, 9.17) is 31.5 Å². The fraction of sp³-hybridized carbons (Fsp3) is 0.600. The lowest BCUT2D eigenvalue weighted by Crippen LogP contribution is -2.53. The Morgan fingerprint density at radius 2 is 1.80 bits per heavy atom. The quantitative estimate of drug-likeness (QED) is 0.339. The van der Waals surface area contributed by atoms with Crippen LogP contribution in [-0.2, 0) is 11.3 Å². The predicted molar refractivity (Wildman–Crippen MR) is 129 cm³/mol. The standard InChI is InChI=1S/C20H31ClN4O4.HI/c1-6-28-17-15(21)11-14(12-16(17)27-5)13-23-18(22)24-7-9-25(10-8-24)19(26)29-20(2,3)4;/h11-12H,6-10,13H2,1-5H3,(H2,22,23);1H. The first-order chi connectivity index (χ1) is 13.6. The number of hydrogen-bond acceptors (Lipinski definition) is 5. The van der Waals surface area contributed by atoms with Gasteiger partial charge in [0.1, 0.15) is 5.60 Å². The molecule has 8 nitrogen and oxygen atoms in total. The summed E-state index contributed by atoms with van der Waals surface area (Å²) >= 11 is 6.30. The molecule has 0 saturated carbocycles. The smallest absolute Gasteiger partial charge is 0.410 e. The first-order valence-electron chi connectivity index (χ1n) is 9.66. The maximum absolute atomic E-state index is 12.2. The van der Waals surface area contributed by atoms with E-state index in [0.29, 0.717) is 61.8 Å². The molecule has 0 bridgehead atoms. The minimum Gasteiger partial charge on any atom is -0.493 e. The van der Waals surface area contributed by atoms with Crippen molar-refractivity contribution in [3.63, 3.8) is 0 Å². The van der Waals surface area contributed by atoms with Crippen LogP contribution in [-0.4, -0.2) is 67.3 Å². The number of benzene rings is 1. The molecule has 1 amide bonds. The largest absolute Gasteiger partial charge is 0.493 e. The van der Waals surface area contributed by atoms with Crippen LogP contribution in [0.1, 0.15) is 33.3 Å². The zero-order valence-corrected chi connectivity index (χ0v) is 21.3. The Bertz CT molecular complexity index is 747. The first kappa shape index (κ1) is 26.4. The highest BCUT2D eigenvalue weighted by Crippen LogP contribution is 2.36. The van der Waals surface area contributed by atoms with Gasteiger partial charge >= 0.3 is 6.09 Å². The van der Waals surface area contributed by atoms with Gasteiger partial charge in [-0.05, 0) is 45.4 Å². The topological polar surface area (TPSA) is 89.6 Å². The fourth-order valence-electron chi connectivity index (χ4n) is 2.87. The highest BCUT2D eigenvalue weighted by Gasteiger charge is 2.26. The Morgan fingerprint density at radius 1 is 1.20 bits per heavy atom. The van der Waals surface area contributed by atoms with Gasteiger partial charge in [-0.25, -0.2) is 9.79 Å². The van der Waals surface area contributed by atoms with E-state index in [-0.39, 0.29) is 30.1 Å². The Hall–Kier alpha value is -1.62. The number of amides is 1. The third-order valence-corrected chi connectivity index (χ3v) is 4.54. The number of rotatable bonds is 5. The number of ether oxygens (including phenoxy) is 3. The SMILES string of the molecule is CCOc1c(Cl)cc(CN=C(N)N2CCN(C(=O)OC(C)(C)C)CC2)cc1OC.I. The van der Waals surface area contributed by atoms with Gasteiger partial charge in [0.15, 0.2) is 17.5 Å². The number of piperazine rings is 1. The van der Waals surface area contributed by atoms with Gasteiger partial charge in [-0.3, -0.25) is 0 Å². The Balaban J connectivity index is 0.00000450. The Labute approximate surface area is 200 Å². The number of guanidine groups is 1. The number of carbonyl (C=O) groups excluding carboxylic acids is 1. The maximum atomic E-state index is 12.2. The van der Waals surface area contributed by atoms with E-state index in [9.17, 15) is 4.79 Å². The molecule has 1 saturated heterocycles. The molecule has 170 valence electrons. The summed E-state index contributed by atoms with van der Waals surface area (Å²) in [6.45, 7) is 10.6. The van der Waals surface area contributed by atoms with Gasteiger partial charge in [0.25, 0.3) is 0 Å². The van der Waals surface area contributed by atoms with Crippen LogP contribution in [0, 0.1) is 0 Å². The average molecular weight is 555 g/mol. The monoisotopic (exact) mass is 554 g/mol. The van der Waals surface area contributed by atoms with Gasteiger partial charge in [0.05, 0.1) is 25.3 Å². The molecule has 1 aromatic carbocycles. The molecule has 1 aliphatic heterocycles. The summed E-state index contributed by atoms with van der Waals surface area (Å²) in [5.41, 5.74) is 6.52. The third-order valence-electron chi connectivity index (χ3n) is 4.26. The molecule has 1 aromatic rings. The average Bonchev–Trinajstić information content (AvgIpc) is 2.66. The summed E-state index contributed by atoms with van der Waals surface area (Å²) < 4.78 is 16.3. The van der Waals surface area contributed by atoms with E-state index in [2.05, 4.69) is 4.99 Å². The second-order valence-electron chi connectivity index (χ2n) is 7.67. The van der Waals surface area contributed by atoms with Crippen LogP contribution in [0.4, 0.5) is 4.79 Å². The van der Waals surface area contributed by atoms with Crippen molar-refractivity contribution in [2.75, 3.05) is 39.9 Å². The summed E-state index contributed by atoms with van der Waals surface area (Å²) in [5, 5.41) is 0.473. The predicted octanol–water partition coefficient (Wildman–Crippen LogP) is 3.73. The molecular weight excluding hydrogens is 523 g/mol. The lowest BCUT2D eigenvalue weighted by molar-refractivity contribution is 0.0186. The number of methoxy groups -OCH3 is 1. The number of hydrogen-bond donors (Lipinski definition) is 1. The summed E-state index contributed by atoms with van der Waals surface area (Å²) in [5.74, 6) is 1.52.